The molecule has 0 saturated carbocycles. The molecule has 0 bridgehead atoms. The first-order valence-electron chi connectivity index (χ1n) is 9.51. The van der Waals surface area contributed by atoms with E-state index in [2.05, 4.69) is 5.32 Å². The van der Waals surface area contributed by atoms with Crippen molar-refractivity contribution < 1.29 is 28.5 Å². The van der Waals surface area contributed by atoms with Gasteiger partial charge in [-0.3, -0.25) is 9.59 Å². The van der Waals surface area contributed by atoms with E-state index in [9.17, 15) is 9.59 Å². The Morgan fingerprint density at radius 1 is 0.931 bits per heavy atom. The molecule has 154 valence electrons. The van der Waals surface area contributed by atoms with E-state index in [1.165, 1.54) is 0 Å². The Balaban J connectivity index is 1.43. The van der Waals surface area contributed by atoms with Crippen LogP contribution in [0.4, 0.5) is 0 Å². The van der Waals surface area contributed by atoms with Crippen LogP contribution in [0.5, 0.6) is 23.0 Å². The lowest BCUT2D eigenvalue weighted by Gasteiger charge is -2.18. The van der Waals surface area contributed by atoms with Gasteiger partial charge in [0.2, 0.25) is 5.91 Å². The van der Waals surface area contributed by atoms with Crippen molar-refractivity contribution in [1.29, 1.82) is 0 Å². The Labute approximate surface area is 169 Å². The van der Waals surface area contributed by atoms with E-state index in [1.807, 2.05) is 18.2 Å². The Morgan fingerprint density at radius 2 is 1.69 bits per heavy atom. The van der Waals surface area contributed by atoms with Gasteiger partial charge in [0.15, 0.2) is 28.8 Å². The van der Waals surface area contributed by atoms with Crippen LogP contribution in [0, 0.1) is 0 Å². The minimum Gasteiger partial charge on any atom is -0.493 e. The second-order valence-corrected chi connectivity index (χ2v) is 6.57. The summed E-state index contributed by atoms with van der Waals surface area (Å²) < 4.78 is 21.4. The molecule has 1 aliphatic rings. The van der Waals surface area contributed by atoms with Crippen molar-refractivity contribution in [3.05, 3.63) is 47.5 Å². The summed E-state index contributed by atoms with van der Waals surface area (Å²) in [6.45, 7) is 1.45. The maximum Gasteiger partial charge on any atom is 0.220 e. The van der Waals surface area contributed by atoms with Crippen LogP contribution in [-0.2, 0) is 11.2 Å². The van der Waals surface area contributed by atoms with Crippen LogP contribution in [0.25, 0.3) is 0 Å². The molecule has 7 heteroatoms. The van der Waals surface area contributed by atoms with Crippen LogP contribution >= 0.6 is 0 Å². The maximum absolute atomic E-state index is 12.4. The highest BCUT2D eigenvalue weighted by atomic mass is 16.6. The number of amides is 1. The first kappa shape index (κ1) is 20.5. The molecular weight excluding hydrogens is 374 g/mol. The fourth-order valence-corrected chi connectivity index (χ4v) is 3.06. The minimum absolute atomic E-state index is 0.1000. The van der Waals surface area contributed by atoms with Crippen molar-refractivity contribution in [3.63, 3.8) is 0 Å². The minimum atomic E-state index is -0.156. The second-order valence-electron chi connectivity index (χ2n) is 6.57. The lowest BCUT2D eigenvalue weighted by molar-refractivity contribution is -0.121. The topological polar surface area (TPSA) is 83.1 Å². The van der Waals surface area contributed by atoms with Gasteiger partial charge in [0.25, 0.3) is 0 Å². The van der Waals surface area contributed by atoms with Gasteiger partial charge in [0, 0.05) is 24.9 Å². The predicted molar refractivity (Wildman–Crippen MR) is 107 cm³/mol. The summed E-state index contributed by atoms with van der Waals surface area (Å²) in [6, 6.07) is 10.7. The highest BCUT2D eigenvalue weighted by Crippen LogP contribution is 2.31. The van der Waals surface area contributed by atoms with Crippen molar-refractivity contribution in [2.75, 3.05) is 34.0 Å². The normalized spacial score (nSPS) is 12.2. The van der Waals surface area contributed by atoms with Crippen molar-refractivity contribution in [3.8, 4) is 23.0 Å². The first-order valence-corrected chi connectivity index (χ1v) is 9.51. The molecule has 2 aromatic rings. The largest absolute Gasteiger partial charge is 0.493 e. The van der Waals surface area contributed by atoms with Gasteiger partial charge in [-0.05, 0) is 42.3 Å². The SMILES string of the molecule is COc1ccc(CCNC(=O)CCC(=O)c2ccc3c(c2)OCCO3)cc1OC. The Hall–Kier alpha value is -3.22. The highest BCUT2D eigenvalue weighted by molar-refractivity contribution is 5.98. The van der Waals surface area contributed by atoms with Crippen LogP contribution < -0.4 is 24.3 Å². The van der Waals surface area contributed by atoms with Crippen LogP contribution in [0.3, 0.4) is 0 Å². The monoisotopic (exact) mass is 399 g/mol. The van der Waals surface area contributed by atoms with Crippen LogP contribution in [0.15, 0.2) is 36.4 Å². The fourth-order valence-electron chi connectivity index (χ4n) is 3.06. The van der Waals surface area contributed by atoms with E-state index < -0.39 is 0 Å². The lowest BCUT2D eigenvalue weighted by Crippen LogP contribution is -2.26. The van der Waals surface area contributed by atoms with E-state index in [0.717, 1.165) is 5.56 Å². The van der Waals surface area contributed by atoms with E-state index in [0.29, 0.717) is 54.7 Å². The highest BCUT2D eigenvalue weighted by Gasteiger charge is 2.15. The van der Waals surface area contributed by atoms with Gasteiger partial charge in [-0.25, -0.2) is 0 Å². The van der Waals surface area contributed by atoms with Gasteiger partial charge in [0.05, 0.1) is 14.2 Å². The van der Waals surface area contributed by atoms with Crippen molar-refractivity contribution in [2.45, 2.75) is 19.3 Å². The van der Waals surface area contributed by atoms with Crippen LogP contribution in [0.1, 0.15) is 28.8 Å². The fraction of sp³-hybridized carbons (Fsp3) is 0.364. The lowest BCUT2D eigenvalue weighted by atomic mass is 10.1. The maximum atomic E-state index is 12.4. The molecule has 1 aliphatic heterocycles. The average Bonchev–Trinajstić information content (AvgIpc) is 2.76. The third-order valence-electron chi connectivity index (χ3n) is 4.63. The molecule has 1 amide bonds. The number of methoxy groups -OCH3 is 2. The molecule has 2 aromatic carbocycles. The van der Waals surface area contributed by atoms with Crippen LogP contribution in [-0.4, -0.2) is 45.7 Å². The molecule has 0 aliphatic carbocycles. The van der Waals surface area contributed by atoms with Crippen molar-refractivity contribution in [2.24, 2.45) is 0 Å². The summed E-state index contributed by atoms with van der Waals surface area (Å²) >= 11 is 0. The summed E-state index contributed by atoms with van der Waals surface area (Å²) in [6.07, 6.45) is 0.934. The average molecular weight is 399 g/mol. The molecule has 0 spiro atoms. The number of fused-ring (bicyclic) bond motifs is 1. The number of ketones is 1. The van der Waals surface area contributed by atoms with Crippen molar-refractivity contribution >= 4 is 11.7 Å². The molecule has 29 heavy (non-hydrogen) atoms. The van der Waals surface area contributed by atoms with Crippen LogP contribution in [0.2, 0.25) is 0 Å². The molecule has 0 atom stereocenters. The van der Waals surface area contributed by atoms with Crippen molar-refractivity contribution in [1.82, 2.24) is 5.32 Å². The summed E-state index contributed by atoms with van der Waals surface area (Å²) in [4.78, 5) is 24.4. The van der Waals surface area contributed by atoms with Gasteiger partial charge in [-0.2, -0.15) is 0 Å². The summed E-state index contributed by atoms with van der Waals surface area (Å²) in [5.74, 6) is 2.27. The number of carbonyl (C=O) groups is 2. The standard InChI is InChI=1S/C22H25NO6/c1-26-18-6-3-15(13-20(18)27-2)9-10-23-22(25)8-5-17(24)16-4-7-19-21(14-16)29-12-11-28-19/h3-4,6-7,13-14H,5,8-12H2,1-2H3,(H,23,25). The molecule has 0 unspecified atom stereocenters. The number of carbonyl (C=O) groups excluding carboxylic acids is 2. The number of Topliss-reactive ketones (excluding diaryl/α,β-unsaturated/α-hetero) is 1. The number of hydrogen-bond donors (Lipinski definition) is 1. The summed E-state index contributed by atoms with van der Waals surface area (Å²) in [5, 5.41) is 2.85. The number of rotatable bonds is 9. The molecule has 0 radical (unpaired) electrons. The van der Waals surface area contributed by atoms with Gasteiger partial charge >= 0.3 is 0 Å². The third kappa shape index (κ3) is 5.40. The Bertz CT molecular complexity index is 880. The van der Waals surface area contributed by atoms with Gasteiger partial charge in [0.1, 0.15) is 13.2 Å². The van der Waals surface area contributed by atoms with E-state index in [1.54, 1.807) is 32.4 Å². The molecule has 0 aromatic heterocycles. The first-order chi connectivity index (χ1) is 14.1. The van der Waals surface area contributed by atoms with Gasteiger partial charge < -0.3 is 24.3 Å². The Kier molecular flexibility index (Phi) is 6.94. The molecule has 0 fully saturated rings. The smallest absolute Gasteiger partial charge is 0.220 e. The number of nitrogens with one attached hydrogen (secondary N) is 1. The van der Waals surface area contributed by atoms with E-state index in [4.69, 9.17) is 18.9 Å². The Morgan fingerprint density at radius 3 is 2.45 bits per heavy atom. The molecular formula is C22H25NO6. The predicted octanol–water partition coefficient (Wildman–Crippen LogP) is 2.80. The van der Waals surface area contributed by atoms with E-state index >= 15 is 0 Å². The zero-order valence-corrected chi connectivity index (χ0v) is 16.7. The summed E-state index contributed by atoms with van der Waals surface area (Å²) in [7, 11) is 3.17. The number of ether oxygens (including phenoxy) is 4. The van der Waals surface area contributed by atoms with Gasteiger partial charge in [-0.1, -0.05) is 6.07 Å². The van der Waals surface area contributed by atoms with E-state index in [-0.39, 0.29) is 24.5 Å². The molecule has 7 nitrogen and oxygen atoms in total. The quantitative estimate of drug-likeness (QED) is 0.653. The zero-order chi connectivity index (χ0) is 20.6. The van der Waals surface area contributed by atoms with Gasteiger partial charge in [-0.15, -0.1) is 0 Å². The molecule has 3 rings (SSSR count). The molecule has 1 heterocycles. The zero-order valence-electron chi connectivity index (χ0n) is 16.7. The third-order valence-corrected chi connectivity index (χ3v) is 4.63. The number of benzene rings is 2. The molecule has 0 saturated heterocycles. The summed E-state index contributed by atoms with van der Waals surface area (Å²) in [5.41, 5.74) is 1.54. The molecule has 1 N–H and O–H groups in total. The number of hydrogen-bond acceptors (Lipinski definition) is 6. The second kappa shape index (κ2) is 9.82.